The highest BCUT2D eigenvalue weighted by atomic mass is 32.2. The highest BCUT2D eigenvalue weighted by Gasteiger charge is 2.38. The smallest absolute Gasteiger partial charge is 0.262 e. The molecule has 0 aliphatic heterocycles. The van der Waals surface area contributed by atoms with Crippen LogP contribution in [0.2, 0.25) is 0 Å². The van der Waals surface area contributed by atoms with Crippen molar-refractivity contribution >= 4 is 15.9 Å². The molecule has 0 heterocycles. The first-order valence-corrected chi connectivity index (χ1v) is 11.6. The maximum atomic E-state index is 13.6. The number of carbonyl (C=O) groups excluding carboxylic acids is 1. The van der Waals surface area contributed by atoms with Gasteiger partial charge in [0.15, 0.2) is 0 Å². The lowest BCUT2D eigenvalue weighted by atomic mass is 10.0. The van der Waals surface area contributed by atoms with Crippen LogP contribution in [0.3, 0.4) is 0 Å². The van der Waals surface area contributed by atoms with Crippen molar-refractivity contribution in [1.29, 1.82) is 0 Å². The fourth-order valence-corrected chi connectivity index (χ4v) is 4.89. The van der Waals surface area contributed by atoms with Crippen molar-refractivity contribution in [3.05, 3.63) is 66.7 Å². The molecule has 8 nitrogen and oxygen atoms in total. The van der Waals surface area contributed by atoms with Gasteiger partial charge < -0.3 is 9.47 Å². The Labute approximate surface area is 189 Å². The molecule has 2 aromatic carbocycles. The molecule has 2 rings (SSSR count). The lowest BCUT2D eigenvalue weighted by Crippen LogP contribution is -2.51. The van der Waals surface area contributed by atoms with Crippen LogP contribution in [-0.2, 0) is 21.4 Å². The number of nitrogens with zero attached hydrogens (tertiary/aromatic N) is 1. The fourth-order valence-electron chi connectivity index (χ4n) is 3.18. The number of rotatable bonds is 12. The molecule has 0 radical (unpaired) electrons. The summed E-state index contributed by atoms with van der Waals surface area (Å²) >= 11 is 0. The Morgan fingerprint density at radius 2 is 1.72 bits per heavy atom. The number of ether oxygens (including phenoxy) is 2. The van der Waals surface area contributed by atoms with Gasteiger partial charge in [-0.25, -0.2) is 13.9 Å². The molecule has 174 valence electrons. The standard InChI is InChI=1S/C23H30N2O6S/c1-5-6-15-31-20-11-13-21(14-12-20)32(28,29)25(22(17(2)3)23(26)24-27)16-18-7-9-19(30-4)10-8-18/h5,7-14,17,22,27H,1,6,15-16H2,2-4H3,(H,24,26)/t22-/m1/s1. The van der Waals surface area contributed by atoms with Crippen molar-refractivity contribution in [1.82, 2.24) is 9.79 Å². The molecule has 2 aromatic rings. The molecule has 1 amide bonds. The first-order chi connectivity index (χ1) is 15.2. The highest BCUT2D eigenvalue weighted by Crippen LogP contribution is 2.27. The van der Waals surface area contributed by atoms with Gasteiger partial charge in [0.05, 0.1) is 18.6 Å². The van der Waals surface area contributed by atoms with E-state index in [1.807, 2.05) is 0 Å². The monoisotopic (exact) mass is 462 g/mol. The molecule has 1 atom stereocenters. The van der Waals surface area contributed by atoms with E-state index >= 15 is 0 Å². The summed E-state index contributed by atoms with van der Waals surface area (Å²) in [6.07, 6.45) is 2.40. The molecule has 0 unspecified atom stereocenters. The van der Waals surface area contributed by atoms with Gasteiger partial charge in [-0.15, -0.1) is 6.58 Å². The molecule has 0 bridgehead atoms. The average molecular weight is 463 g/mol. The third-order valence-electron chi connectivity index (χ3n) is 4.84. The summed E-state index contributed by atoms with van der Waals surface area (Å²) in [5, 5.41) is 9.25. The molecular weight excluding hydrogens is 432 g/mol. The number of benzene rings is 2. The van der Waals surface area contributed by atoms with Crippen LogP contribution < -0.4 is 15.0 Å². The Balaban J connectivity index is 2.43. The van der Waals surface area contributed by atoms with Crippen LogP contribution in [0.5, 0.6) is 11.5 Å². The molecule has 9 heteroatoms. The summed E-state index contributed by atoms with van der Waals surface area (Å²) in [6.45, 7) is 7.43. The molecule has 0 aliphatic carbocycles. The van der Waals surface area contributed by atoms with Gasteiger partial charge in [-0.05, 0) is 54.3 Å². The van der Waals surface area contributed by atoms with Gasteiger partial charge in [-0.1, -0.05) is 32.1 Å². The molecular formula is C23H30N2O6S. The second kappa shape index (κ2) is 11.7. The zero-order chi connectivity index (χ0) is 23.7. The summed E-state index contributed by atoms with van der Waals surface area (Å²) in [5.74, 6) is -0.0529. The average Bonchev–Trinajstić information content (AvgIpc) is 2.79. The minimum absolute atomic E-state index is 0.0125. The Morgan fingerprint density at radius 1 is 1.12 bits per heavy atom. The molecule has 0 fully saturated rings. The Hall–Kier alpha value is -2.88. The van der Waals surface area contributed by atoms with Gasteiger partial charge in [-0.2, -0.15) is 4.31 Å². The molecule has 0 saturated heterocycles. The number of sulfonamides is 1. The molecule has 0 saturated carbocycles. The summed E-state index contributed by atoms with van der Waals surface area (Å²) in [5.41, 5.74) is 2.26. The van der Waals surface area contributed by atoms with Crippen LogP contribution in [0, 0.1) is 5.92 Å². The van der Waals surface area contributed by atoms with Crippen LogP contribution in [-0.4, -0.2) is 43.6 Å². The van der Waals surface area contributed by atoms with Gasteiger partial charge >= 0.3 is 0 Å². The van der Waals surface area contributed by atoms with Crippen molar-refractivity contribution in [3.8, 4) is 11.5 Å². The van der Waals surface area contributed by atoms with E-state index in [0.29, 0.717) is 30.1 Å². The van der Waals surface area contributed by atoms with Crippen molar-refractivity contribution in [3.63, 3.8) is 0 Å². The van der Waals surface area contributed by atoms with Gasteiger partial charge in [-0.3, -0.25) is 10.0 Å². The second-order valence-corrected chi connectivity index (χ2v) is 9.35. The molecule has 32 heavy (non-hydrogen) atoms. The summed E-state index contributed by atoms with van der Waals surface area (Å²) in [7, 11) is -2.56. The third-order valence-corrected chi connectivity index (χ3v) is 6.68. The first kappa shape index (κ1) is 25.4. The van der Waals surface area contributed by atoms with Crippen molar-refractivity contribution in [2.24, 2.45) is 5.92 Å². The number of methoxy groups -OCH3 is 1. The van der Waals surface area contributed by atoms with Gasteiger partial charge in [0.25, 0.3) is 5.91 Å². The molecule has 0 aromatic heterocycles. The topological polar surface area (TPSA) is 105 Å². The zero-order valence-electron chi connectivity index (χ0n) is 18.5. The van der Waals surface area contributed by atoms with Crippen molar-refractivity contribution in [2.45, 2.75) is 37.8 Å². The molecule has 0 spiro atoms. The first-order valence-electron chi connectivity index (χ1n) is 10.2. The van der Waals surface area contributed by atoms with E-state index in [9.17, 15) is 18.4 Å². The Bertz CT molecular complexity index is 988. The highest BCUT2D eigenvalue weighted by molar-refractivity contribution is 7.89. The van der Waals surface area contributed by atoms with Crippen molar-refractivity contribution < 1.29 is 27.9 Å². The number of hydroxylamine groups is 1. The predicted molar refractivity (Wildman–Crippen MR) is 121 cm³/mol. The van der Waals surface area contributed by atoms with Gasteiger partial charge in [0, 0.05) is 6.54 Å². The number of carbonyl (C=O) groups is 1. The van der Waals surface area contributed by atoms with Crippen LogP contribution in [0.4, 0.5) is 0 Å². The maximum Gasteiger partial charge on any atom is 0.262 e. The Kier molecular flexibility index (Phi) is 9.25. The maximum absolute atomic E-state index is 13.6. The Morgan fingerprint density at radius 3 is 2.22 bits per heavy atom. The van der Waals surface area contributed by atoms with Gasteiger partial charge in [0.1, 0.15) is 17.5 Å². The van der Waals surface area contributed by atoms with E-state index in [0.717, 1.165) is 4.31 Å². The number of nitrogens with one attached hydrogen (secondary N) is 1. The van der Waals surface area contributed by atoms with Crippen LogP contribution >= 0.6 is 0 Å². The lowest BCUT2D eigenvalue weighted by Gasteiger charge is -2.32. The van der Waals surface area contributed by atoms with E-state index in [1.165, 1.54) is 19.2 Å². The van der Waals surface area contributed by atoms with E-state index in [1.54, 1.807) is 61.8 Å². The summed E-state index contributed by atoms with van der Waals surface area (Å²) in [6, 6.07) is 11.8. The number of hydrogen-bond donors (Lipinski definition) is 2. The van der Waals surface area contributed by atoms with E-state index < -0.39 is 27.9 Å². The normalized spacial score (nSPS) is 12.4. The third kappa shape index (κ3) is 6.32. The van der Waals surface area contributed by atoms with Crippen LogP contribution in [0.25, 0.3) is 0 Å². The fraction of sp³-hybridized carbons (Fsp3) is 0.348. The minimum Gasteiger partial charge on any atom is -0.497 e. The van der Waals surface area contributed by atoms with E-state index in [4.69, 9.17) is 9.47 Å². The summed E-state index contributed by atoms with van der Waals surface area (Å²) in [4.78, 5) is 12.5. The molecule has 0 aliphatic rings. The van der Waals surface area contributed by atoms with Crippen molar-refractivity contribution in [2.75, 3.05) is 13.7 Å². The summed E-state index contributed by atoms with van der Waals surface area (Å²) < 4.78 is 39.0. The van der Waals surface area contributed by atoms with Gasteiger partial charge in [0.2, 0.25) is 10.0 Å². The largest absolute Gasteiger partial charge is 0.497 e. The zero-order valence-corrected chi connectivity index (χ0v) is 19.3. The molecule has 2 N–H and O–H groups in total. The minimum atomic E-state index is -4.10. The SMILES string of the molecule is C=CCCOc1ccc(S(=O)(=O)N(Cc2ccc(OC)cc2)[C@@H](C(=O)NO)C(C)C)cc1. The quantitative estimate of drug-likeness (QED) is 0.217. The lowest BCUT2D eigenvalue weighted by molar-refractivity contribution is -0.134. The van der Waals surface area contributed by atoms with Crippen LogP contribution in [0.1, 0.15) is 25.8 Å². The van der Waals surface area contributed by atoms with E-state index in [-0.39, 0.29) is 11.4 Å². The van der Waals surface area contributed by atoms with E-state index in [2.05, 4.69) is 6.58 Å². The second-order valence-electron chi connectivity index (χ2n) is 7.46. The predicted octanol–water partition coefficient (Wildman–Crippen LogP) is 3.37. The number of hydrogen-bond acceptors (Lipinski definition) is 6. The number of amides is 1. The van der Waals surface area contributed by atoms with Crippen LogP contribution in [0.15, 0.2) is 66.1 Å².